The van der Waals surface area contributed by atoms with Crippen LogP contribution < -0.4 is 0 Å². The van der Waals surface area contributed by atoms with Crippen molar-refractivity contribution in [3.63, 3.8) is 0 Å². The van der Waals surface area contributed by atoms with Crippen LogP contribution in [0.4, 0.5) is 4.39 Å². The van der Waals surface area contributed by atoms with Crippen molar-refractivity contribution < 1.29 is 9.18 Å². The number of hydrogen-bond acceptors (Lipinski definition) is 4. The molecule has 0 radical (unpaired) electrons. The zero-order valence-corrected chi connectivity index (χ0v) is 12.3. The van der Waals surface area contributed by atoms with E-state index in [0.717, 1.165) is 0 Å². The summed E-state index contributed by atoms with van der Waals surface area (Å²) in [5.41, 5.74) is 0.709. The first-order valence-corrected chi connectivity index (χ1v) is 6.92. The summed E-state index contributed by atoms with van der Waals surface area (Å²) in [7, 11) is 0. The molecule has 6 heteroatoms. The fraction of sp³-hybridized carbons (Fsp3) is 0.250. The van der Waals surface area contributed by atoms with Gasteiger partial charge in [-0.15, -0.1) is 0 Å². The van der Waals surface area contributed by atoms with E-state index in [4.69, 9.17) is 0 Å². The van der Waals surface area contributed by atoms with E-state index in [1.165, 1.54) is 29.7 Å². The molecule has 0 spiro atoms. The van der Waals surface area contributed by atoms with E-state index in [-0.39, 0.29) is 17.4 Å². The molecule has 0 aliphatic carbocycles. The molecule has 0 N–H and O–H groups in total. The van der Waals surface area contributed by atoms with Gasteiger partial charge in [-0.2, -0.15) is 5.10 Å². The summed E-state index contributed by atoms with van der Waals surface area (Å²) in [6, 6.07) is 7.98. The first kappa shape index (κ1) is 14.3. The monoisotopic (exact) mass is 298 g/mol. The number of nitrogens with zero attached hydrogens (tertiary/aromatic N) is 4. The molecule has 1 aliphatic heterocycles. The Balaban J connectivity index is 1.98. The Bertz CT molecular complexity index is 743. The van der Waals surface area contributed by atoms with Gasteiger partial charge < -0.3 is 0 Å². The van der Waals surface area contributed by atoms with E-state index in [2.05, 4.69) is 15.1 Å². The zero-order valence-electron chi connectivity index (χ0n) is 12.3. The van der Waals surface area contributed by atoms with E-state index >= 15 is 0 Å². The van der Waals surface area contributed by atoms with E-state index in [0.29, 0.717) is 17.7 Å². The Morgan fingerprint density at radius 1 is 1.27 bits per heavy atom. The van der Waals surface area contributed by atoms with Gasteiger partial charge in [0.2, 0.25) is 0 Å². The van der Waals surface area contributed by atoms with E-state index in [9.17, 15) is 9.18 Å². The van der Waals surface area contributed by atoms with Gasteiger partial charge in [0.05, 0.1) is 11.3 Å². The second kappa shape index (κ2) is 5.29. The third-order valence-electron chi connectivity index (χ3n) is 3.57. The van der Waals surface area contributed by atoms with Crippen molar-refractivity contribution >= 4 is 11.6 Å². The smallest absolute Gasteiger partial charge is 0.265 e. The minimum Gasteiger partial charge on any atom is -0.265 e. The van der Waals surface area contributed by atoms with Gasteiger partial charge in [0.1, 0.15) is 17.8 Å². The number of amides is 1. The molecule has 2 heterocycles. The number of hydrazone groups is 1. The summed E-state index contributed by atoms with van der Waals surface area (Å²) in [6.07, 6.45) is 3.30. The summed E-state index contributed by atoms with van der Waals surface area (Å²) in [6.45, 7) is 3.78. The lowest BCUT2D eigenvalue weighted by Crippen LogP contribution is -2.41. The maximum atomic E-state index is 13.9. The average molecular weight is 298 g/mol. The molecule has 0 saturated heterocycles. The van der Waals surface area contributed by atoms with Crippen molar-refractivity contribution in [3.8, 4) is 0 Å². The number of benzene rings is 1. The average Bonchev–Trinajstić information content (AvgIpc) is 2.83. The first-order chi connectivity index (χ1) is 10.5. The summed E-state index contributed by atoms with van der Waals surface area (Å²) in [5, 5.41) is 5.72. The minimum absolute atomic E-state index is 0.265. The zero-order chi connectivity index (χ0) is 15.7. The normalized spacial score (nSPS) is 16.5. The van der Waals surface area contributed by atoms with Crippen molar-refractivity contribution in [3.05, 3.63) is 59.9 Å². The van der Waals surface area contributed by atoms with Gasteiger partial charge in [-0.25, -0.2) is 19.4 Å². The standard InChI is InChI=1S/C16H15FN4O/c1-16(2)9-14(11-5-3-4-6-12(11)17)20-21(16)15(22)13-7-8-18-10-19-13/h3-8,10H,9H2,1-2H3. The number of halogens is 1. The Hall–Kier alpha value is -2.63. The second-order valence-electron chi connectivity index (χ2n) is 5.73. The summed E-state index contributed by atoms with van der Waals surface area (Å²) < 4.78 is 13.9. The van der Waals surface area contributed by atoms with Crippen molar-refractivity contribution in [2.75, 3.05) is 0 Å². The highest BCUT2D eigenvalue weighted by molar-refractivity contribution is 6.05. The maximum Gasteiger partial charge on any atom is 0.293 e. The summed E-state index contributed by atoms with van der Waals surface area (Å²) in [4.78, 5) is 20.3. The second-order valence-corrected chi connectivity index (χ2v) is 5.73. The first-order valence-electron chi connectivity index (χ1n) is 6.92. The third-order valence-corrected chi connectivity index (χ3v) is 3.57. The van der Waals surface area contributed by atoms with Crippen molar-refractivity contribution in [2.24, 2.45) is 5.10 Å². The molecule has 0 atom stereocenters. The molecule has 0 bridgehead atoms. The van der Waals surface area contributed by atoms with Gasteiger partial charge in [0, 0.05) is 18.2 Å². The molecule has 1 aromatic carbocycles. The fourth-order valence-corrected chi connectivity index (χ4v) is 2.47. The lowest BCUT2D eigenvalue weighted by molar-refractivity contribution is 0.0606. The molecule has 2 aromatic rings. The SMILES string of the molecule is CC1(C)CC(c2ccccc2F)=NN1C(=O)c1ccncn1. The van der Waals surface area contributed by atoms with E-state index < -0.39 is 5.54 Å². The molecule has 0 fully saturated rings. The molecular formula is C16H15FN4O. The number of rotatable bonds is 2. The summed E-state index contributed by atoms with van der Waals surface area (Å²) in [5.74, 6) is -0.660. The predicted molar refractivity (Wildman–Crippen MR) is 79.8 cm³/mol. The van der Waals surface area contributed by atoms with Crippen LogP contribution in [0.2, 0.25) is 0 Å². The van der Waals surface area contributed by atoms with Gasteiger partial charge in [0.15, 0.2) is 0 Å². The predicted octanol–water partition coefficient (Wildman–Crippen LogP) is 2.64. The summed E-state index contributed by atoms with van der Waals surface area (Å²) >= 11 is 0. The Morgan fingerprint density at radius 3 is 2.73 bits per heavy atom. The quantitative estimate of drug-likeness (QED) is 0.856. The Kier molecular flexibility index (Phi) is 3.44. The van der Waals surface area contributed by atoms with Crippen molar-refractivity contribution in [2.45, 2.75) is 25.8 Å². The Morgan fingerprint density at radius 2 is 2.05 bits per heavy atom. The highest BCUT2D eigenvalue weighted by atomic mass is 19.1. The van der Waals surface area contributed by atoms with Gasteiger partial charge in [0.25, 0.3) is 5.91 Å². The molecule has 1 aromatic heterocycles. The molecule has 5 nitrogen and oxygen atoms in total. The molecule has 0 unspecified atom stereocenters. The Labute approximate surface area is 127 Å². The lowest BCUT2D eigenvalue weighted by atomic mass is 9.94. The van der Waals surface area contributed by atoms with Crippen LogP contribution in [0.25, 0.3) is 0 Å². The van der Waals surface area contributed by atoms with Crippen LogP contribution in [0.3, 0.4) is 0 Å². The number of carbonyl (C=O) groups excluding carboxylic acids is 1. The molecule has 1 amide bonds. The van der Waals surface area contributed by atoms with Crippen molar-refractivity contribution in [1.29, 1.82) is 0 Å². The number of carbonyl (C=O) groups is 1. The fourth-order valence-electron chi connectivity index (χ4n) is 2.47. The largest absolute Gasteiger partial charge is 0.293 e. The highest BCUT2D eigenvalue weighted by Crippen LogP contribution is 2.31. The van der Waals surface area contributed by atoms with Gasteiger partial charge in [-0.05, 0) is 26.0 Å². The lowest BCUT2D eigenvalue weighted by Gasteiger charge is -2.28. The van der Waals surface area contributed by atoms with Crippen LogP contribution in [0, 0.1) is 5.82 Å². The van der Waals surface area contributed by atoms with Crippen molar-refractivity contribution in [1.82, 2.24) is 15.0 Å². The van der Waals surface area contributed by atoms with E-state index in [1.54, 1.807) is 18.2 Å². The van der Waals surface area contributed by atoms with Crippen LogP contribution in [0.1, 0.15) is 36.3 Å². The molecule has 22 heavy (non-hydrogen) atoms. The number of hydrogen-bond donors (Lipinski definition) is 0. The molecule has 112 valence electrons. The third kappa shape index (κ3) is 2.47. The topological polar surface area (TPSA) is 58.5 Å². The van der Waals surface area contributed by atoms with Gasteiger partial charge in [-0.1, -0.05) is 18.2 Å². The molecule has 0 saturated carbocycles. The van der Waals surface area contributed by atoms with Crippen LogP contribution in [0.5, 0.6) is 0 Å². The highest BCUT2D eigenvalue weighted by Gasteiger charge is 2.39. The van der Waals surface area contributed by atoms with Crippen LogP contribution in [-0.2, 0) is 0 Å². The maximum absolute atomic E-state index is 13.9. The molecular weight excluding hydrogens is 283 g/mol. The van der Waals surface area contributed by atoms with Gasteiger partial charge in [-0.3, -0.25) is 4.79 Å². The number of aromatic nitrogens is 2. The van der Waals surface area contributed by atoms with Crippen LogP contribution >= 0.6 is 0 Å². The molecule has 3 rings (SSSR count). The van der Waals surface area contributed by atoms with Gasteiger partial charge >= 0.3 is 0 Å². The molecule has 1 aliphatic rings. The minimum atomic E-state index is -0.542. The van der Waals surface area contributed by atoms with Crippen LogP contribution in [0.15, 0.2) is 48.0 Å². The van der Waals surface area contributed by atoms with Crippen LogP contribution in [-0.4, -0.2) is 32.1 Å². The van der Waals surface area contributed by atoms with E-state index in [1.807, 2.05) is 13.8 Å².